The molecule has 0 saturated heterocycles. The van der Waals surface area contributed by atoms with Crippen molar-refractivity contribution in [2.24, 2.45) is 0 Å². The van der Waals surface area contributed by atoms with Gasteiger partial charge >= 0.3 is 5.97 Å². The first kappa shape index (κ1) is 18.7. The third kappa shape index (κ3) is 4.56. The molecule has 0 spiro atoms. The smallest absolute Gasteiger partial charge is 0.326 e. The van der Waals surface area contributed by atoms with E-state index in [1.54, 1.807) is 0 Å². The molecule has 0 aliphatic rings. The molecule has 3 N–H and O–H groups in total. The molecule has 2 aromatic carbocycles. The summed E-state index contributed by atoms with van der Waals surface area (Å²) in [5, 5.41) is 13.2. The summed E-state index contributed by atoms with van der Waals surface area (Å²) >= 11 is 0. The molecule has 1 atom stereocenters. The van der Waals surface area contributed by atoms with Crippen LogP contribution in [-0.2, 0) is 22.4 Å². The highest BCUT2D eigenvalue weighted by molar-refractivity contribution is 5.86. The number of hydrogen-bond donors (Lipinski definition) is 3. The lowest BCUT2D eigenvalue weighted by molar-refractivity contribution is -0.141. The van der Waals surface area contributed by atoms with Gasteiger partial charge in [-0.25, -0.2) is 4.79 Å². The Bertz CT molecular complexity index is 975. The average Bonchev–Trinajstić information content (AvgIpc) is 3.03. The fourth-order valence-corrected chi connectivity index (χ4v) is 3.36. The number of fused-ring (bicyclic) bond motifs is 1. The average molecular weight is 364 g/mol. The van der Waals surface area contributed by atoms with Crippen molar-refractivity contribution in [2.45, 2.75) is 39.2 Å². The molecule has 1 aromatic heterocycles. The molecule has 3 aromatic rings. The number of para-hydroxylation sites is 1. The highest BCUT2D eigenvalue weighted by Gasteiger charge is 2.21. The minimum Gasteiger partial charge on any atom is -0.480 e. The Morgan fingerprint density at radius 1 is 1.11 bits per heavy atom. The second kappa shape index (κ2) is 8.08. The first-order valence-electron chi connectivity index (χ1n) is 9.07. The standard InChI is InChI=1S/C22H24N2O3/c1-14-7-8-16(15(2)11-14)9-10-21(25)24-20(22(26)27)12-17-13-23-19-6-4-3-5-18(17)19/h3-8,11,13,20,23H,9-10,12H2,1-2H3,(H,24,25)(H,26,27). The molecule has 27 heavy (non-hydrogen) atoms. The Balaban J connectivity index is 1.63. The molecule has 3 rings (SSSR count). The van der Waals surface area contributed by atoms with E-state index in [4.69, 9.17) is 0 Å². The number of H-pyrrole nitrogens is 1. The third-order valence-corrected chi connectivity index (χ3v) is 4.85. The fourth-order valence-electron chi connectivity index (χ4n) is 3.36. The summed E-state index contributed by atoms with van der Waals surface area (Å²) in [5.74, 6) is -1.28. The summed E-state index contributed by atoms with van der Waals surface area (Å²) < 4.78 is 0. The minimum absolute atomic E-state index is 0.245. The van der Waals surface area contributed by atoms with Gasteiger partial charge in [-0.3, -0.25) is 4.79 Å². The van der Waals surface area contributed by atoms with Crippen molar-refractivity contribution < 1.29 is 14.7 Å². The van der Waals surface area contributed by atoms with Gasteiger partial charge < -0.3 is 15.4 Å². The summed E-state index contributed by atoms with van der Waals surface area (Å²) in [5.41, 5.74) is 5.28. The number of carbonyl (C=O) groups is 2. The van der Waals surface area contributed by atoms with Gasteiger partial charge in [-0.1, -0.05) is 42.0 Å². The Hall–Kier alpha value is -3.08. The molecule has 5 heteroatoms. The highest BCUT2D eigenvalue weighted by atomic mass is 16.4. The highest BCUT2D eigenvalue weighted by Crippen LogP contribution is 2.19. The fraction of sp³-hybridized carbons (Fsp3) is 0.273. The van der Waals surface area contributed by atoms with Crippen LogP contribution in [0.25, 0.3) is 10.9 Å². The van der Waals surface area contributed by atoms with Gasteiger partial charge in [-0.2, -0.15) is 0 Å². The summed E-state index contributed by atoms with van der Waals surface area (Å²) in [7, 11) is 0. The lowest BCUT2D eigenvalue weighted by atomic mass is 10.0. The monoisotopic (exact) mass is 364 g/mol. The minimum atomic E-state index is -1.03. The van der Waals surface area contributed by atoms with Crippen LogP contribution in [0.4, 0.5) is 0 Å². The number of amides is 1. The van der Waals surface area contributed by atoms with Crippen LogP contribution < -0.4 is 5.32 Å². The van der Waals surface area contributed by atoms with Crippen LogP contribution in [0, 0.1) is 13.8 Å². The zero-order valence-electron chi connectivity index (χ0n) is 15.6. The molecule has 5 nitrogen and oxygen atoms in total. The predicted octanol–water partition coefficient (Wildman–Crippen LogP) is 3.53. The Morgan fingerprint density at radius 2 is 1.89 bits per heavy atom. The van der Waals surface area contributed by atoms with Gasteiger partial charge in [0.15, 0.2) is 0 Å². The van der Waals surface area contributed by atoms with Gasteiger partial charge in [0.1, 0.15) is 6.04 Å². The molecule has 0 saturated carbocycles. The van der Waals surface area contributed by atoms with E-state index < -0.39 is 12.0 Å². The first-order valence-corrected chi connectivity index (χ1v) is 9.07. The normalized spacial score (nSPS) is 12.1. The number of rotatable bonds is 7. The maximum Gasteiger partial charge on any atom is 0.326 e. The van der Waals surface area contributed by atoms with Crippen molar-refractivity contribution in [1.82, 2.24) is 10.3 Å². The summed E-state index contributed by atoms with van der Waals surface area (Å²) in [4.78, 5) is 27.1. The van der Waals surface area contributed by atoms with E-state index in [-0.39, 0.29) is 18.7 Å². The zero-order chi connectivity index (χ0) is 19.4. The zero-order valence-corrected chi connectivity index (χ0v) is 15.6. The maximum absolute atomic E-state index is 12.3. The van der Waals surface area contributed by atoms with Crippen LogP contribution in [0.2, 0.25) is 0 Å². The van der Waals surface area contributed by atoms with E-state index in [1.807, 2.05) is 56.4 Å². The topological polar surface area (TPSA) is 82.2 Å². The Kier molecular flexibility index (Phi) is 5.60. The number of carboxylic acids is 1. The maximum atomic E-state index is 12.3. The number of nitrogens with one attached hydrogen (secondary N) is 2. The number of aryl methyl sites for hydroxylation is 3. The summed E-state index contributed by atoms with van der Waals surface area (Å²) in [6.45, 7) is 4.06. The third-order valence-electron chi connectivity index (χ3n) is 4.85. The van der Waals surface area contributed by atoms with Crippen molar-refractivity contribution in [2.75, 3.05) is 0 Å². The number of aromatic nitrogens is 1. The van der Waals surface area contributed by atoms with E-state index in [0.717, 1.165) is 27.6 Å². The lowest BCUT2D eigenvalue weighted by Gasteiger charge is -2.15. The van der Waals surface area contributed by atoms with Crippen LogP contribution >= 0.6 is 0 Å². The number of hydrogen-bond acceptors (Lipinski definition) is 2. The lowest BCUT2D eigenvalue weighted by Crippen LogP contribution is -2.42. The van der Waals surface area contributed by atoms with Gasteiger partial charge in [-0.05, 0) is 43.0 Å². The molecule has 1 heterocycles. The van der Waals surface area contributed by atoms with Gasteiger partial charge in [-0.15, -0.1) is 0 Å². The van der Waals surface area contributed by atoms with Gasteiger partial charge in [0.25, 0.3) is 0 Å². The van der Waals surface area contributed by atoms with Crippen molar-refractivity contribution in [1.29, 1.82) is 0 Å². The molecule has 0 aliphatic heterocycles. The summed E-state index contributed by atoms with van der Waals surface area (Å²) in [6.07, 6.45) is 2.91. The molecule has 1 unspecified atom stereocenters. The molecule has 0 fully saturated rings. The van der Waals surface area contributed by atoms with Crippen LogP contribution in [-0.4, -0.2) is 28.0 Å². The van der Waals surface area contributed by atoms with Crippen LogP contribution in [0.1, 0.15) is 28.7 Å². The molecule has 0 radical (unpaired) electrons. The van der Waals surface area contributed by atoms with E-state index >= 15 is 0 Å². The van der Waals surface area contributed by atoms with Crippen molar-refractivity contribution in [3.8, 4) is 0 Å². The second-order valence-electron chi connectivity index (χ2n) is 6.95. The Labute approximate surface area is 158 Å². The van der Waals surface area contributed by atoms with Gasteiger partial charge in [0.2, 0.25) is 5.91 Å². The Morgan fingerprint density at radius 3 is 2.63 bits per heavy atom. The van der Waals surface area contributed by atoms with E-state index in [1.165, 1.54) is 5.56 Å². The SMILES string of the molecule is Cc1ccc(CCC(=O)NC(Cc2c[nH]c3ccccc23)C(=O)O)c(C)c1. The quantitative estimate of drug-likeness (QED) is 0.600. The van der Waals surface area contributed by atoms with Crippen LogP contribution in [0.3, 0.4) is 0 Å². The molecule has 140 valence electrons. The number of carbonyl (C=O) groups excluding carboxylic acids is 1. The second-order valence-corrected chi connectivity index (χ2v) is 6.95. The number of carboxylic acid groups (broad SMARTS) is 1. The molecule has 0 aliphatic carbocycles. The number of benzene rings is 2. The van der Waals surface area contributed by atoms with Crippen molar-refractivity contribution in [3.63, 3.8) is 0 Å². The molecular weight excluding hydrogens is 340 g/mol. The number of aliphatic carboxylic acids is 1. The number of aromatic amines is 1. The predicted molar refractivity (Wildman–Crippen MR) is 106 cm³/mol. The summed E-state index contributed by atoms with van der Waals surface area (Å²) in [6, 6.07) is 12.9. The molecular formula is C22H24N2O3. The first-order chi connectivity index (χ1) is 12.9. The van der Waals surface area contributed by atoms with E-state index in [0.29, 0.717) is 6.42 Å². The van der Waals surface area contributed by atoms with Crippen LogP contribution in [0.15, 0.2) is 48.7 Å². The largest absolute Gasteiger partial charge is 0.480 e. The molecule has 1 amide bonds. The molecule has 0 bridgehead atoms. The van der Waals surface area contributed by atoms with Crippen molar-refractivity contribution >= 4 is 22.8 Å². The van der Waals surface area contributed by atoms with Crippen molar-refractivity contribution in [3.05, 3.63) is 70.9 Å². The van der Waals surface area contributed by atoms with Crippen LogP contribution in [0.5, 0.6) is 0 Å². The van der Waals surface area contributed by atoms with E-state index in [9.17, 15) is 14.7 Å². The van der Waals surface area contributed by atoms with Gasteiger partial charge in [0.05, 0.1) is 0 Å². The van der Waals surface area contributed by atoms with E-state index in [2.05, 4.69) is 16.4 Å². The van der Waals surface area contributed by atoms with Gasteiger partial charge in [0, 0.05) is 29.9 Å².